The van der Waals surface area contributed by atoms with E-state index in [1.807, 2.05) is 54.8 Å². The maximum absolute atomic E-state index is 6.16. The topological polar surface area (TPSA) is 24.4 Å². The highest BCUT2D eigenvalue weighted by atomic mass is 35.5. The third-order valence-electron chi connectivity index (χ3n) is 2.39. The molecule has 0 radical (unpaired) electrons. The van der Waals surface area contributed by atoms with E-state index < -0.39 is 0 Å². The maximum Gasteiger partial charge on any atom is 0.0571 e. The van der Waals surface area contributed by atoms with Crippen LogP contribution in [-0.2, 0) is 0 Å². The summed E-state index contributed by atoms with van der Waals surface area (Å²) in [6.45, 7) is 0. The molecule has 92 valence electrons. The largest absolute Gasteiger partial charge is 0.279 e. The Morgan fingerprint density at radius 3 is 2.61 bits per heavy atom. The average molecular weight is 277 g/mol. The Morgan fingerprint density at radius 2 is 1.89 bits per heavy atom. The van der Waals surface area contributed by atoms with Crippen molar-refractivity contribution in [2.45, 2.75) is 4.90 Å². The molecule has 0 unspecified atom stereocenters. The van der Waals surface area contributed by atoms with Crippen LogP contribution in [0, 0.1) is 0 Å². The first kappa shape index (κ1) is 13.0. The molecule has 2 rings (SSSR count). The zero-order chi connectivity index (χ0) is 12.8. The third-order valence-corrected chi connectivity index (χ3v) is 3.52. The summed E-state index contributed by atoms with van der Waals surface area (Å²) in [5.74, 6) is 0. The molecule has 0 saturated heterocycles. The third kappa shape index (κ3) is 3.28. The minimum Gasteiger partial charge on any atom is -0.279 e. The van der Waals surface area contributed by atoms with Gasteiger partial charge in [-0.3, -0.25) is 5.43 Å². The smallest absolute Gasteiger partial charge is 0.0571 e. The molecule has 0 amide bonds. The number of rotatable bonds is 4. The zero-order valence-corrected chi connectivity index (χ0v) is 11.5. The molecule has 18 heavy (non-hydrogen) atoms. The van der Waals surface area contributed by atoms with Crippen LogP contribution >= 0.6 is 23.4 Å². The van der Waals surface area contributed by atoms with Crippen molar-refractivity contribution in [3.05, 3.63) is 59.1 Å². The van der Waals surface area contributed by atoms with Gasteiger partial charge in [0.25, 0.3) is 0 Å². The molecular formula is C14H13ClN2S. The Hall–Kier alpha value is -1.45. The van der Waals surface area contributed by atoms with Gasteiger partial charge in [-0.25, -0.2) is 0 Å². The number of halogens is 1. The molecule has 0 heterocycles. The molecule has 2 nitrogen and oxygen atoms in total. The molecule has 0 atom stereocenters. The first-order valence-corrected chi connectivity index (χ1v) is 7.08. The van der Waals surface area contributed by atoms with E-state index in [9.17, 15) is 0 Å². The van der Waals surface area contributed by atoms with Crippen LogP contribution in [0.1, 0.15) is 5.56 Å². The number of hydrazone groups is 1. The fourth-order valence-electron chi connectivity index (χ4n) is 1.50. The molecule has 0 fully saturated rings. The molecule has 0 aliphatic rings. The number of anilines is 1. The second kappa shape index (κ2) is 6.47. The van der Waals surface area contributed by atoms with Crippen LogP contribution in [0.25, 0.3) is 0 Å². The molecule has 2 aromatic rings. The van der Waals surface area contributed by atoms with Crippen molar-refractivity contribution in [3.8, 4) is 0 Å². The Kier molecular flexibility index (Phi) is 4.67. The van der Waals surface area contributed by atoms with Crippen molar-refractivity contribution in [2.75, 3.05) is 11.7 Å². The number of thioether (sulfide) groups is 1. The average Bonchev–Trinajstić information content (AvgIpc) is 2.41. The van der Waals surface area contributed by atoms with Crippen molar-refractivity contribution in [2.24, 2.45) is 5.10 Å². The number of nitrogens with one attached hydrogen (secondary N) is 1. The summed E-state index contributed by atoms with van der Waals surface area (Å²) >= 11 is 7.81. The van der Waals surface area contributed by atoms with Crippen LogP contribution in [0.15, 0.2) is 58.5 Å². The number of benzene rings is 2. The second-order valence-electron chi connectivity index (χ2n) is 3.59. The van der Waals surface area contributed by atoms with E-state index in [-0.39, 0.29) is 0 Å². The summed E-state index contributed by atoms with van der Waals surface area (Å²) in [5.41, 5.74) is 4.86. The van der Waals surface area contributed by atoms with E-state index in [1.54, 1.807) is 18.0 Å². The lowest BCUT2D eigenvalue weighted by Gasteiger charge is -2.04. The first-order chi connectivity index (χ1) is 8.81. The Balaban J connectivity index is 2.14. The minimum atomic E-state index is 0.709. The van der Waals surface area contributed by atoms with E-state index in [4.69, 9.17) is 11.6 Å². The lowest BCUT2D eigenvalue weighted by atomic mass is 10.2. The Morgan fingerprint density at radius 1 is 1.11 bits per heavy atom. The molecule has 0 bridgehead atoms. The van der Waals surface area contributed by atoms with Crippen LogP contribution in [0.5, 0.6) is 0 Å². The van der Waals surface area contributed by atoms with Gasteiger partial charge in [-0.2, -0.15) is 5.10 Å². The summed E-state index contributed by atoms with van der Waals surface area (Å²) in [7, 11) is 0. The van der Waals surface area contributed by atoms with E-state index in [1.165, 1.54) is 0 Å². The van der Waals surface area contributed by atoms with E-state index in [0.717, 1.165) is 16.1 Å². The van der Waals surface area contributed by atoms with Gasteiger partial charge in [-0.15, -0.1) is 11.8 Å². The second-order valence-corrected chi connectivity index (χ2v) is 4.85. The van der Waals surface area contributed by atoms with Crippen LogP contribution in [-0.4, -0.2) is 12.5 Å². The number of para-hydroxylation sites is 1. The zero-order valence-electron chi connectivity index (χ0n) is 9.93. The van der Waals surface area contributed by atoms with Gasteiger partial charge in [-0.05, 0) is 30.5 Å². The van der Waals surface area contributed by atoms with Gasteiger partial charge in [-0.1, -0.05) is 35.9 Å². The fraction of sp³-hybridized carbons (Fsp3) is 0.0714. The standard InChI is InChI=1S/C14H13ClN2S/c1-18-14-9-5-8-13(15)12(14)10-16-17-11-6-3-2-4-7-11/h2-10,17H,1H3. The molecular weight excluding hydrogens is 264 g/mol. The SMILES string of the molecule is CSc1cccc(Cl)c1C=NNc1ccccc1. The predicted molar refractivity (Wildman–Crippen MR) is 80.9 cm³/mol. The number of hydrogen-bond donors (Lipinski definition) is 1. The highest BCUT2D eigenvalue weighted by Gasteiger charge is 2.02. The van der Waals surface area contributed by atoms with Gasteiger partial charge in [0.15, 0.2) is 0 Å². The van der Waals surface area contributed by atoms with Gasteiger partial charge in [0.2, 0.25) is 0 Å². The lowest BCUT2D eigenvalue weighted by molar-refractivity contribution is 1.33. The summed E-state index contributed by atoms with van der Waals surface area (Å²) in [6.07, 6.45) is 3.77. The molecule has 0 spiro atoms. The quantitative estimate of drug-likeness (QED) is 0.505. The molecule has 1 N–H and O–H groups in total. The maximum atomic E-state index is 6.16. The van der Waals surface area contributed by atoms with Gasteiger partial charge in [0, 0.05) is 10.5 Å². The van der Waals surface area contributed by atoms with E-state index >= 15 is 0 Å². The van der Waals surface area contributed by atoms with Crippen molar-refractivity contribution < 1.29 is 0 Å². The van der Waals surface area contributed by atoms with Gasteiger partial charge in [0.05, 0.1) is 16.9 Å². The molecule has 4 heteroatoms. The van der Waals surface area contributed by atoms with E-state index in [2.05, 4.69) is 10.5 Å². The van der Waals surface area contributed by atoms with Crippen molar-refractivity contribution in [1.29, 1.82) is 0 Å². The van der Waals surface area contributed by atoms with Crippen LogP contribution < -0.4 is 5.43 Å². The van der Waals surface area contributed by atoms with E-state index in [0.29, 0.717) is 5.02 Å². The number of nitrogens with zero attached hydrogens (tertiary/aromatic N) is 1. The minimum absolute atomic E-state index is 0.709. The molecule has 0 aromatic heterocycles. The first-order valence-electron chi connectivity index (χ1n) is 5.48. The van der Waals surface area contributed by atoms with Crippen molar-refractivity contribution >= 4 is 35.3 Å². The van der Waals surface area contributed by atoms with Crippen molar-refractivity contribution in [1.82, 2.24) is 0 Å². The number of hydrogen-bond acceptors (Lipinski definition) is 3. The molecule has 0 aliphatic carbocycles. The van der Waals surface area contributed by atoms with Gasteiger partial charge in [0.1, 0.15) is 0 Å². The summed E-state index contributed by atoms with van der Waals surface area (Å²) in [6, 6.07) is 15.6. The van der Waals surface area contributed by atoms with Crippen LogP contribution in [0.3, 0.4) is 0 Å². The van der Waals surface area contributed by atoms with Crippen LogP contribution in [0.4, 0.5) is 5.69 Å². The molecule has 0 aliphatic heterocycles. The predicted octanol–water partition coefficient (Wildman–Crippen LogP) is 4.51. The fourth-order valence-corrected chi connectivity index (χ4v) is 2.38. The Bertz CT molecular complexity index is 541. The summed E-state index contributed by atoms with van der Waals surface area (Å²) < 4.78 is 0. The molecule has 0 saturated carbocycles. The summed E-state index contributed by atoms with van der Waals surface area (Å²) in [4.78, 5) is 1.11. The van der Waals surface area contributed by atoms with Crippen molar-refractivity contribution in [3.63, 3.8) is 0 Å². The highest BCUT2D eigenvalue weighted by molar-refractivity contribution is 7.98. The van der Waals surface area contributed by atoms with Gasteiger partial charge >= 0.3 is 0 Å². The van der Waals surface area contributed by atoms with Gasteiger partial charge < -0.3 is 0 Å². The summed E-state index contributed by atoms with van der Waals surface area (Å²) in [5, 5.41) is 4.92. The molecule has 2 aromatic carbocycles. The monoisotopic (exact) mass is 276 g/mol. The lowest BCUT2D eigenvalue weighted by Crippen LogP contribution is -1.92. The highest BCUT2D eigenvalue weighted by Crippen LogP contribution is 2.25. The van der Waals surface area contributed by atoms with Crippen LogP contribution in [0.2, 0.25) is 5.02 Å². The Labute approximate surface area is 116 Å². The normalized spacial score (nSPS) is 10.8.